The Hall–Kier alpha value is -2.67. The summed E-state index contributed by atoms with van der Waals surface area (Å²) in [5.41, 5.74) is 1.07. The van der Waals surface area contributed by atoms with Crippen molar-refractivity contribution >= 4 is 11.8 Å². The Morgan fingerprint density at radius 3 is 2.73 bits per heavy atom. The fraction of sp³-hybridized carbons (Fsp3) is 0.421. The molecule has 0 saturated carbocycles. The predicted molar refractivity (Wildman–Crippen MR) is 96.3 cm³/mol. The third-order valence-electron chi connectivity index (χ3n) is 4.45. The largest absolute Gasteiger partial charge is 0.459 e. The summed E-state index contributed by atoms with van der Waals surface area (Å²) < 4.78 is 5.01. The SMILES string of the molecule is O=C(CCNC(=O)c1ccco1)NC1CCN(Cc2ccccn2)CC1. The molecule has 0 aliphatic carbocycles. The molecule has 0 radical (unpaired) electrons. The van der Waals surface area contributed by atoms with Crippen molar-refractivity contribution in [3.8, 4) is 0 Å². The molecule has 3 rings (SSSR count). The minimum absolute atomic E-state index is 0.0343. The molecule has 1 aliphatic rings. The van der Waals surface area contributed by atoms with Crippen LogP contribution in [0.1, 0.15) is 35.5 Å². The molecule has 1 fully saturated rings. The summed E-state index contributed by atoms with van der Waals surface area (Å²) in [4.78, 5) is 30.5. The topological polar surface area (TPSA) is 87.5 Å². The maximum atomic E-state index is 12.0. The van der Waals surface area contributed by atoms with E-state index in [1.165, 1.54) is 6.26 Å². The van der Waals surface area contributed by atoms with Crippen LogP contribution >= 0.6 is 0 Å². The first kappa shape index (κ1) is 18.1. The molecule has 0 bridgehead atoms. The van der Waals surface area contributed by atoms with Gasteiger partial charge in [0.2, 0.25) is 5.91 Å². The quantitative estimate of drug-likeness (QED) is 0.786. The van der Waals surface area contributed by atoms with Gasteiger partial charge in [-0.2, -0.15) is 0 Å². The van der Waals surface area contributed by atoms with E-state index in [1.807, 2.05) is 24.4 Å². The number of likely N-dealkylation sites (tertiary alicyclic amines) is 1. The first-order chi connectivity index (χ1) is 12.7. The molecule has 2 N–H and O–H groups in total. The molecule has 7 nitrogen and oxygen atoms in total. The highest BCUT2D eigenvalue weighted by molar-refractivity contribution is 5.91. The van der Waals surface area contributed by atoms with Crippen LogP contribution in [0.4, 0.5) is 0 Å². The zero-order valence-electron chi connectivity index (χ0n) is 14.7. The van der Waals surface area contributed by atoms with Crippen molar-refractivity contribution in [3.05, 3.63) is 54.2 Å². The highest BCUT2D eigenvalue weighted by Crippen LogP contribution is 2.13. The van der Waals surface area contributed by atoms with E-state index in [2.05, 4.69) is 20.5 Å². The molecule has 3 heterocycles. The van der Waals surface area contributed by atoms with Crippen LogP contribution in [0.3, 0.4) is 0 Å². The summed E-state index contributed by atoms with van der Waals surface area (Å²) in [5, 5.41) is 5.73. The van der Waals surface area contributed by atoms with E-state index in [0.717, 1.165) is 38.2 Å². The van der Waals surface area contributed by atoms with Crippen LogP contribution in [0.2, 0.25) is 0 Å². The fourth-order valence-electron chi connectivity index (χ4n) is 3.04. The monoisotopic (exact) mass is 356 g/mol. The molecule has 2 aromatic rings. The van der Waals surface area contributed by atoms with Crippen molar-refractivity contribution in [3.63, 3.8) is 0 Å². The highest BCUT2D eigenvalue weighted by atomic mass is 16.3. The molecule has 7 heteroatoms. The number of hydrogen-bond donors (Lipinski definition) is 2. The van der Waals surface area contributed by atoms with Gasteiger partial charge in [0.25, 0.3) is 5.91 Å². The number of pyridine rings is 1. The van der Waals surface area contributed by atoms with E-state index in [-0.39, 0.29) is 30.0 Å². The van der Waals surface area contributed by atoms with Gasteiger partial charge < -0.3 is 15.1 Å². The molecule has 26 heavy (non-hydrogen) atoms. The number of carbonyl (C=O) groups is 2. The molecule has 1 aliphatic heterocycles. The van der Waals surface area contributed by atoms with Crippen molar-refractivity contribution in [1.29, 1.82) is 0 Å². The van der Waals surface area contributed by atoms with E-state index in [4.69, 9.17) is 4.42 Å². The van der Waals surface area contributed by atoms with Crippen LogP contribution in [0, 0.1) is 0 Å². The number of carbonyl (C=O) groups excluding carboxylic acids is 2. The molecule has 0 atom stereocenters. The summed E-state index contributed by atoms with van der Waals surface area (Å²) in [6, 6.07) is 9.40. The average Bonchev–Trinajstić information content (AvgIpc) is 3.19. The zero-order chi connectivity index (χ0) is 18.2. The van der Waals surface area contributed by atoms with Crippen LogP contribution in [-0.2, 0) is 11.3 Å². The smallest absolute Gasteiger partial charge is 0.286 e. The minimum Gasteiger partial charge on any atom is -0.459 e. The fourth-order valence-corrected chi connectivity index (χ4v) is 3.04. The molecule has 2 aromatic heterocycles. The number of furan rings is 1. The van der Waals surface area contributed by atoms with Gasteiger partial charge in [0, 0.05) is 44.8 Å². The van der Waals surface area contributed by atoms with E-state index in [1.54, 1.807) is 12.1 Å². The number of hydrogen-bond acceptors (Lipinski definition) is 5. The van der Waals surface area contributed by atoms with Crippen molar-refractivity contribution in [2.24, 2.45) is 0 Å². The summed E-state index contributed by atoms with van der Waals surface area (Å²) in [5.74, 6) is -0.0794. The number of aromatic nitrogens is 1. The van der Waals surface area contributed by atoms with Gasteiger partial charge in [0.05, 0.1) is 12.0 Å². The second-order valence-corrected chi connectivity index (χ2v) is 6.42. The number of piperidine rings is 1. The Labute approximate surface area is 152 Å². The van der Waals surface area contributed by atoms with Crippen molar-refractivity contribution in [1.82, 2.24) is 20.5 Å². The van der Waals surface area contributed by atoms with Crippen molar-refractivity contribution < 1.29 is 14.0 Å². The van der Waals surface area contributed by atoms with E-state index >= 15 is 0 Å². The first-order valence-electron chi connectivity index (χ1n) is 8.94. The summed E-state index contributed by atoms with van der Waals surface area (Å²) in [7, 11) is 0. The van der Waals surface area contributed by atoms with Crippen molar-refractivity contribution in [2.45, 2.75) is 31.8 Å². The van der Waals surface area contributed by atoms with Gasteiger partial charge in [-0.05, 0) is 37.1 Å². The molecule has 0 aromatic carbocycles. The summed E-state index contributed by atoms with van der Waals surface area (Å²) in [6.07, 6.45) is 5.38. The van der Waals surface area contributed by atoms with Crippen LogP contribution in [0.5, 0.6) is 0 Å². The highest BCUT2D eigenvalue weighted by Gasteiger charge is 2.21. The summed E-state index contributed by atoms with van der Waals surface area (Å²) in [6.45, 7) is 3.03. The number of nitrogens with one attached hydrogen (secondary N) is 2. The van der Waals surface area contributed by atoms with Gasteiger partial charge in [-0.15, -0.1) is 0 Å². The summed E-state index contributed by atoms with van der Waals surface area (Å²) >= 11 is 0. The molecular formula is C19H24N4O3. The number of amides is 2. The van der Waals surface area contributed by atoms with Gasteiger partial charge in [-0.3, -0.25) is 19.5 Å². The maximum Gasteiger partial charge on any atom is 0.286 e. The Morgan fingerprint density at radius 2 is 2.04 bits per heavy atom. The predicted octanol–water partition coefficient (Wildman–Crippen LogP) is 1.58. The lowest BCUT2D eigenvalue weighted by Gasteiger charge is -2.32. The lowest BCUT2D eigenvalue weighted by atomic mass is 10.0. The Kier molecular flexibility index (Phi) is 6.38. The molecular weight excluding hydrogens is 332 g/mol. The average molecular weight is 356 g/mol. The molecule has 2 amide bonds. The van der Waals surface area contributed by atoms with Crippen LogP contribution in [0.25, 0.3) is 0 Å². The molecule has 0 unspecified atom stereocenters. The van der Waals surface area contributed by atoms with E-state index < -0.39 is 0 Å². The molecule has 0 spiro atoms. The lowest BCUT2D eigenvalue weighted by molar-refractivity contribution is -0.122. The third kappa shape index (κ3) is 5.42. The second-order valence-electron chi connectivity index (χ2n) is 6.42. The standard InChI is InChI=1S/C19H24N4O3/c24-18(6-10-21-19(25)17-5-3-13-26-17)22-15-7-11-23(12-8-15)14-16-4-1-2-9-20-16/h1-5,9,13,15H,6-8,10-12,14H2,(H,21,25)(H,22,24). The Bertz CT molecular complexity index is 695. The van der Waals surface area contributed by atoms with Crippen LogP contribution in [-0.4, -0.2) is 47.4 Å². The van der Waals surface area contributed by atoms with Crippen LogP contribution in [0.15, 0.2) is 47.2 Å². The van der Waals surface area contributed by atoms with Crippen LogP contribution < -0.4 is 10.6 Å². The van der Waals surface area contributed by atoms with Gasteiger partial charge in [-0.1, -0.05) is 6.07 Å². The van der Waals surface area contributed by atoms with Gasteiger partial charge in [-0.25, -0.2) is 0 Å². The van der Waals surface area contributed by atoms with Crippen molar-refractivity contribution in [2.75, 3.05) is 19.6 Å². The van der Waals surface area contributed by atoms with Gasteiger partial charge in [0.1, 0.15) is 0 Å². The second kappa shape index (κ2) is 9.15. The van der Waals surface area contributed by atoms with Gasteiger partial charge in [0.15, 0.2) is 5.76 Å². The normalized spacial score (nSPS) is 15.5. The lowest BCUT2D eigenvalue weighted by Crippen LogP contribution is -2.45. The zero-order valence-corrected chi connectivity index (χ0v) is 14.7. The maximum absolute atomic E-state index is 12.0. The number of rotatable bonds is 7. The Morgan fingerprint density at radius 1 is 1.19 bits per heavy atom. The first-order valence-corrected chi connectivity index (χ1v) is 8.94. The molecule has 1 saturated heterocycles. The third-order valence-corrected chi connectivity index (χ3v) is 4.45. The Balaban J connectivity index is 1.31. The molecule has 138 valence electrons. The number of nitrogens with zero attached hydrogens (tertiary/aromatic N) is 2. The van der Waals surface area contributed by atoms with E-state index in [0.29, 0.717) is 6.54 Å². The van der Waals surface area contributed by atoms with E-state index in [9.17, 15) is 9.59 Å². The minimum atomic E-state index is -0.300. The van der Waals surface area contributed by atoms with Gasteiger partial charge >= 0.3 is 0 Å².